The molecule has 1 aromatic rings. The summed E-state index contributed by atoms with van der Waals surface area (Å²) in [6, 6.07) is 11.1. The van der Waals surface area contributed by atoms with Crippen LogP contribution < -0.4 is 5.32 Å². The third-order valence-electron chi connectivity index (χ3n) is 4.68. The predicted octanol–water partition coefficient (Wildman–Crippen LogP) is 2.22. The molecule has 1 saturated heterocycles. The number of hydrogen-bond donors (Lipinski definition) is 2. The van der Waals surface area contributed by atoms with Gasteiger partial charge in [0.05, 0.1) is 0 Å². The largest absolute Gasteiger partial charge is 0.396 e. The molecule has 0 saturated carbocycles. The third kappa shape index (κ3) is 3.81. The molecule has 112 valence electrons. The third-order valence-corrected chi connectivity index (χ3v) is 4.68. The number of nitrogens with zero attached hydrogens (tertiary/aromatic N) is 1. The van der Waals surface area contributed by atoms with Crippen molar-refractivity contribution in [3.05, 3.63) is 35.9 Å². The summed E-state index contributed by atoms with van der Waals surface area (Å²) >= 11 is 0. The lowest BCUT2D eigenvalue weighted by atomic mass is 9.95. The van der Waals surface area contributed by atoms with Crippen molar-refractivity contribution >= 4 is 0 Å². The first kappa shape index (κ1) is 15.5. The zero-order chi connectivity index (χ0) is 14.6. The molecule has 0 radical (unpaired) electrons. The van der Waals surface area contributed by atoms with E-state index in [1.165, 1.54) is 12.0 Å². The van der Waals surface area contributed by atoms with Crippen LogP contribution in [0.5, 0.6) is 0 Å². The van der Waals surface area contributed by atoms with Gasteiger partial charge in [0.2, 0.25) is 0 Å². The molecule has 2 rings (SSSR count). The van der Waals surface area contributed by atoms with Gasteiger partial charge in [0.1, 0.15) is 0 Å². The van der Waals surface area contributed by atoms with Crippen LogP contribution in [0.4, 0.5) is 0 Å². The topological polar surface area (TPSA) is 35.5 Å². The van der Waals surface area contributed by atoms with Crippen molar-refractivity contribution in [1.29, 1.82) is 0 Å². The number of aliphatic hydroxyl groups is 1. The van der Waals surface area contributed by atoms with Crippen LogP contribution in [0.3, 0.4) is 0 Å². The number of hydrogen-bond acceptors (Lipinski definition) is 3. The molecule has 1 fully saturated rings. The number of benzene rings is 1. The highest BCUT2D eigenvalue weighted by molar-refractivity contribution is 5.20. The van der Waals surface area contributed by atoms with Crippen molar-refractivity contribution in [2.24, 2.45) is 0 Å². The highest BCUT2D eigenvalue weighted by atomic mass is 16.3. The molecule has 0 amide bonds. The molecule has 1 aromatic carbocycles. The minimum absolute atomic E-state index is 0.247. The van der Waals surface area contributed by atoms with E-state index in [-0.39, 0.29) is 12.1 Å². The monoisotopic (exact) mass is 276 g/mol. The number of rotatable bonds is 6. The van der Waals surface area contributed by atoms with E-state index >= 15 is 0 Å². The van der Waals surface area contributed by atoms with Gasteiger partial charge in [0, 0.05) is 31.3 Å². The van der Waals surface area contributed by atoms with Crippen LogP contribution in [0.25, 0.3) is 0 Å². The first-order valence-electron chi connectivity index (χ1n) is 7.63. The Morgan fingerprint density at radius 3 is 2.60 bits per heavy atom. The zero-order valence-corrected chi connectivity index (χ0v) is 13.0. The standard InChI is InChI=1S/C17H28N2O/c1-17(2)11-16(13-19(17)3)18-12-15(9-10-20)14-7-5-4-6-8-14/h4-8,15-16,18,20H,9-13H2,1-3H3. The van der Waals surface area contributed by atoms with E-state index in [0.717, 1.165) is 19.5 Å². The Kier molecular flexibility index (Phi) is 5.19. The van der Waals surface area contributed by atoms with Crippen LogP contribution in [0.15, 0.2) is 30.3 Å². The average molecular weight is 276 g/mol. The van der Waals surface area contributed by atoms with Crippen molar-refractivity contribution in [3.63, 3.8) is 0 Å². The van der Waals surface area contributed by atoms with E-state index in [4.69, 9.17) is 0 Å². The summed E-state index contributed by atoms with van der Waals surface area (Å²) in [6.45, 7) is 6.90. The van der Waals surface area contributed by atoms with Crippen molar-refractivity contribution in [2.75, 3.05) is 26.7 Å². The van der Waals surface area contributed by atoms with Gasteiger partial charge >= 0.3 is 0 Å². The van der Waals surface area contributed by atoms with Crippen LogP contribution in [-0.4, -0.2) is 48.3 Å². The van der Waals surface area contributed by atoms with Crippen LogP contribution >= 0.6 is 0 Å². The SMILES string of the molecule is CN1CC(NCC(CCO)c2ccccc2)CC1(C)C. The Bertz CT molecular complexity index is 405. The van der Waals surface area contributed by atoms with Gasteiger partial charge in [-0.3, -0.25) is 4.90 Å². The number of nitrogens with one attached hydrogen (secondary N) is 1. The molecular formula is C17H28N2O. The van der Waals surface area contributed by atoms with E-state index in [9.17, 15) is 5.11 Å². The van der Waals surface area contributed by atoms with Gasteiger partial charge in [-0.1, -0.05) is 30.3 Å². The molecule has 2 unspecified atom stereocenters. The Hall–Kier alpha value is -0.900. The predicted molar refractivity (Wildman–Crippen MR) is 84.0 cm³/mol. The zero-order valence-electron chi connectivity index (χ0n) is 13.0. The quantitative estimate of drug-likeness (QED) is 0.836. The Labute approximate surface area is 123 Å². The maximum absolute atomic E-state index is 9.28. The fourth-order valence-corrected chi connectivity index (χ4v) is 3.11. The van der Waals surface area contributed by atoms with E-state index in [2.05, 4.69) is 55.4 Å². The molecule has 0 aromatic heterocycles. The Balaban J connectivity index is 1.91. The maximum atomic E-state index is 9.28. The van der Waals surface area contributed by atoms with Crippen LogP contribution in [-0.2, 0) is 0 Å². The molecule has 1 aliphatic rings. The van der Waals surface area contributed by atoms with Gasteiger partial charge in [-0.2, -0.15) is 0 Å². The number of aliphatic hydroxyl groups excluding tert-OH is 1. The molecule has 20 heavy (non-hydrogen) atoms. The lowest BCUT2D eigenvalue weighted by molar-refractivity contribution is 0.218. The molecule has 2 N–H and O–H groups in total. The second-order valence-corrected chi connectivity index (χ2v) is 6.62. The summed E-state index contributed by atoms with van der Waals surface area (Å²) in [5.41, 5.74) is 1.61. The Morgan fingerprint density at radius 1 is 1.35 bits per heavy atom. The van der Waals surface area contributed by atoms with E-state index in [1.54, 1.807) is 0 Å². The Morgan fingerprint density at radius 2 is 2.05 bits per heavy atom. The summed E-state index contributed by atoms with van der Waals surface area (Å²) in [5.74, 6) is 0.398. The van der Waals surface area contributed by atoms with Crippen molar-refractivity contribution in [2.45, 2.75) is 44.2 Å². The lowest BCUT2D eigenvalue weighted by Crippen LogP contribution is -2.35. The van der Waals surface area contributed by atoms with Gasteiger partial charge in [0.15, 0.2) is 0 Å². The smallest absolute Gasteiger partial charge is 0.0437 e. The maximum Gasteiger partial charge on any atom is 0.0437 e. The fourth-order valence-electron chi connectivity index (χ4n) is 3.11. The molecule has 0 bridgehead atoms. The second-order valence-electron chi connectivity index (χ2n) is 6.62. The fraction of sp³-hybridized carbons (Fsp3) is 0.647. The van der Waals surface area contributed by atoms with Crippen molar-refractivity contribution < 1.29 is 5.11 Å². The molecule has 3 heteroatoms. The van der Waals surface area contributed by atoms with Gasteiger partial charge in [-0.15, -0.1) is 0 Å². The second kappa shape index (κ2) is 6.70. The van der Waals surface area contributed by atoms with E-state index < -0.39 is 0 Å². The summed E-state index contributed by atoms with van der Waals surface area (Å²) in [5, 5.41) is 13.0. The van der Waals surface area contributed by atoms with Crippen LogP contribution in [0, 0.1) is 0 Å². The van der Waals surface area contributed by atoms with Gasteiger partial charge in [-0.25, -0.2) is 0 Å². The van der Waals surface area contributed by atoms with Crippen molar-refractivity contribution in [3.8, 4) is 0 Å². The van der Waals surface area contributed by atoms with Crippen LogP contribution in [0.1, 0.15) is 38.2 Å². The number of likely N-dealkylation sites (tertiary alicyclic amines) is 1. The highest BCUT2D eigenvalue weighted by Crippen LogP contribution is 2.27. The minimum Gasteiger partial charge on any atom is -0.396 e. The molecule has 1 heterocycles. The van der Waals surface area contributed by atoms with Crippen LogP contribution in [0.2, 0.25) is 0 Å². The van der Waals surface area contributed by atoms with E-state index in [1.807, 2.05) is 6.07 Å². The normalized spacial score (nSPS) is 23.9. The summed E-state index contributed by atoms with van der Waals surface area (Å²) in [7, 11) is 2.20. The first-order chi connectivity index (χ1) is 9.53. The molecule has 0 spiro atoms. The van der Waals surface area contributed by atoms with Gasteiger partial charge in [0.25, 0.3) is 0 Å². The minimum atomic E-state index is 0.247. The molecule has 1 aliphatic heterocycles. The molecule has 0 aliphatic carbocycles. The average Bonchev–Trinajstić information content (AvgIpc) is 2.69. The van der Waals surface area contributed by atoms with Gasteiger partial charge in [-0.05, 0) is 45.2 Å². The molecule has 3 nitrogen and oxygen atoms in total. The number of likely N-dealkylation sites (N-methyl/N-ethyl adjacent to an activating group) is 1. The van der Waals surface area contributed by atoms with E-state index in [0.29, 0.717) is 12.0 Å². The van der Waals surface area contributed by atoms with Gasteiger partial charge < -0.3 is 10.4 Å². The highest BCUT2D eigenvalue weighted by Gasteiger charge is 2.35. The first-order valence-corrected chi connectivity index (χ1v) is 7.63. The summed E-state index contributed by atoms with van der Waals surface area (Å²) in [4.78, 5) is 2.42. The lowest BCUT2D eigenvalue weighted by Gasteiger charge is -2.26. The van der Waals surface area contributed by atoms with Crippen molar-refractivity contribution in [1.82, 2.24) is 10.2 Å². The summed E-state index contributed by atoms with van der Waals surface area (Å²) in [6.07, 6.45) is 2.01. The molecule has 2 atom stereocenters. The molecular weight excluding hydrogens is 248 g/mol. The summed E-state index contributed by atoms with van der Waals surface area (Å²) < 4.78 is 0.